The second-order valence-corrected chi connectivity index (χ2v) is 4.84. The molecule has 0 aliphatic heterocycles. The maximum atomic E-state index is 12.1. The Labute approximate surface area is 121 Å². The van der Waals surface area contributed by atoms with Gasteiger partial charge >= 0.3 is 5.97 Å². The number of aliphatic carboxylic acids is 1. The number of carboxylic acid groups (broad SMARTS) is 1. The minimum Gasteiger partial charge on any atom is -0.481 e. The third-order valence-corrected chi connectivity index (χ3v) is 3.79. The number of nitrogens with zero attached hydrogens (tertiary/aromatic N) is 3. The molecule has 8 nitrogen and oxygen atoms in total. The number of nitrogens with one attached hydrogen (secondary N) is 2. The van der Waals surface area contributed by atoms with Crippen LogP contribution in [0.25, 0.3) is 11.2 Å². The van der Waals surface area contributed by atoms with E-state index in [9.17, 15) is 14.7 Å². The van der Waals surface area contributed by atoms with Crippen molar-refractivity contribution >= 4 is 28.9 Å². The number of amides is 1. The van der Waals surface area contributed by atoms with E-state index in [1.54, 1.807) is 13.8 Å². The maximum absolute atomic E-state index is 12.1. The Morgan fingerprint density at radius 2 is 2.00 bits per heavy atom. The molecule has 0 aliphatic rings. The largest absolute Gasteiger partial charge is 0.481 e. The van der Waals surface area contributed by atoms with E-state index in [1.165, 1.54) is 12.7 Å². The molecule has 0 radical (unpaired) electrons. The molecule has 8 heteroatoms. The van der Waals surface area contributed by atoms with E-state index in [4.69, 9.17) is 0 Å². The highest BCUT2D eigenvalue weighted by atomic mass is 16.4. The molecule has 0 saturated carbocycles. The lowest BCUT2D eigenvalue weighted by molar-refractivity contribution is -0.151. The van der Waals surface area contributed by atoms with Crippen LogP contribution in [0, 0.1) is 5.41 Å². The van der Waals surface area contributed by atoms with Gasteiger partial charge in [0.1, 0.15) is 11.8 Å². The Balaban J connectivity index is 2.18. The average Bonchev–Trinajstić information content (AvgIpc) is 2.94. The summed E-state index contributed by atoms with van der Waals surface area (Å²) in [6.45, 7) is 3.53. The lowest BCUT2D eigenvalue weighted by Crippen LogP contribution is -2.34. The molecule has 0 aliphatic carbocycles. The van der Waals surface area contributed by atoms with Crippen LogP contribution in [0.2, 0.25) is 0 Å². The number of hydrogen-bond acceptors (Lipinski definition) is 5. The number of aromatic nitrogens is 4. The predicted molar refractivity (Wildman–Crippen MR) is 75.6 cm³/mol. The average molecular weight is 291 g/mol. The number of rotatable bonds is 6. The quantitative estimate of drug-likeness (QED) is 0.742. The number of carbonyl (C=O) groups is 2. The number of anilines is 1. The monoisotopic (exact) mass is 291 g/mol. The minimum absolute atomic E-state index is 0.102. The molecule has 0 unspecified atom stereocenters. The maximum Gasteiger partial charge on any atom is 0.310 e. The van der Waals surface area contributed by atoms with E-state index < -0.39 is 17.3 Å². The van der Waals surface area contributed by atoms with Crippen molar-refractivity contribution in [3.8, 4) is 0 Å². The van der Waals surface area contributed by atoms with E-state index in [1.807, 2.05) is 0 Å². The SMILES string of the molecule is CCC(CC)(CC(=O)Nc1ncnc2nc[nH]c12)C(=O)O. The van der Waals surface area contributed by atoms with Gasteiger partial charge in [-0.15, -0.1) is 0 Å². The summed E-state index contributed by atoms with van der Waals surface area (Å²) in [6.07, 6.45) is 3.41. The number of carbonyl (C=O) groups excluding carboxylic acids is 1. The second kappa shape index (κ2) is 5.86. The summed E-state index contributed by atoms with van der Waals surface area (Å²) in [7, 11) is 0. The first-order valence-electron chi connectivity index (χ1n) is 6.69. The number of H-pyrrole nitrogens is 1. The normalized spacial score (nSPS) is 11.5. The molecule has 0 spiro atoms. The van der Waals surface area contributed by atoms with Crippen LogP contribution in [0.5, 0.6) is 0 Å². The van der Waals surface area contributed by atoms with Crippen molar-refractivity contribution in [1.82, 2.24) is 19.9 Å². The van der Waals surface area contributed by atoms with Gasteiger partial charge < -0.3 is 15.4 Å². The summed E-state index contributed by atoms with van der Waals surface area (Å²) in [6, 6.07) is 0. The molecule has 2 aromatic rings. The summed E-state index contributed by atoms with van der Waals surface area (Å²) >= 11 is 0. The van der Waals surface area contributed by atoms with Gasteiger partial charge in [-0.05, 0) is 12.8 Å². The first kappa shape index (κ1) is 14.9. The zero-order chi connectivity index (χ0) is 15.5. The van der Waals surface area contributed by atoms with Crippen LogP contribution in [0.3, 0.4) is 0 Å². The van der Waals surface area contributed by atoms with Gasteiger partial charge in [-0.3, -0.25) is 9.59 Å². The minimum atomic E-state index is -1.05. The first-order chi connectivity index (χ1) is 10.0. The fourth-order valence-corrected chi connectivity index (χ4v) is 2.22. The Kier molecular flexibility index (Phi) is 4.15. The molecule has 2 aromatic heterocycles. The lowest BCUT2D eigenvalue weighted by atomic mass is 9.79. The van der Waals surface area contributed by atoms with Crippen molar-refractivity contribution in [2.45, 2.75) is 33.1 Å². The van der Waals surface area contributed by atoms with E-state index in [0.717, 1.165) is 0 Å². The van der Waals surface area contributed by atoms with Gasteiger partial charge in [0.05, 0.1) is 11.7 Å². The lowest BCUT2D eigenvalue weighted by Gasteiger charge is -2.25. The third-order valence-electron chi connectivity index (χ3n) is 3.79. The Morgan fingerprint density at radius 1 is 1.29 bits per heavy atom. The van der Waals surface area contributed by atoms with Crippen LogP contribution in [-0.4, -0.2) is 36.9 Å². The number of carboxylic acids is 1. The fraction of sp³-hybridized carbons (Fsp3) is 0.462. The molecule has 0 atom stereocenters. The zero-order valence-electron chi connectivity index (χ0n) is 11.9. The third kappa shape index (κ3) is 2.83. The highest BCUT2D eigenvalue weighted by Gasteiger charge is 2.37. The highest BCUT2D eigenvalue weighted by molar-refractivity contribution is 5.98. The zero-order valence-corrected chi connectivity index (χ0v) is 11.9. The smallest absolute Gasteiger partial charge is 0.310 e. The van der Waals surface area contributed by atoms with Crippen LogP contribution < -0.4 is 5.32 Å². The Hall–Kier alpha value is -2.51. The Morgan fingerprint density at radius 3 is 2.62 bits per heavy atom. The predicted octanol–water partition coefficient (Wildman–Crippen LogP) is 1.57. The van der Waals surface area contributed by atoms with Gasteiger partial charge in [-0.1, -0.05) is 13.8 Å². The molecule has 112 valence electrons. The van der Waals surface area contributed by atoms with Crippen LogP contribution >= 0.6 is 0 Å². The molecule has 0 saturated heterocycles. The van der Waals surface area contributed by atoms with E-state index >= 15 is 0 Å². The molecule has 0 bridgehead atoms. The number of fused-ring (bicyclic) bond motifs is 1. The summed E-state index contributed by atoms with van der Waals surface area (Å²) in [4.78, 5) is 38.3. The molecule has 1 amide bonds. The van der Waals surface area contributed by atoms with Gasteiger partial charge in [-0.25, -0.2) is 15.0 Å². The van der Waals surface area contributed by atoms with Crippen molar-refractivity contribution in [1.29, 1.82) is 0 Å². The molecular formula is C13H17N5O3. The van der Waals surface area contributed by atoms with Gasteiger partial charge in [0, 0.05) is 6.42 Å². The standard InChI is InChI=1S/C13H17N5O3/c1-3-13(4-2,12(20)21)5-8(19)18-11-9-10(15-6-14-9)16-7-17-11/h6-7H,3-5H2,1-2H3,(H,20,21)(H2,14,15,16,17,18,19). The summed E-state index contributed by atoms with van der Waals surface area (Å²) in [5.41, 5.74) is -0.0972. The summed E-state index contributed by atoms with van der Waals surface area (Å²) in [5.74, 6) is -1.05. The van der Waals surface area contributed by atoms with Crippen molar-refractivity contribution in [2.24, 2.45) is 5.41 Å². The van der Waals surface area contributed by atoms with Crippen molar-refractivity contribution in [3.05, 3.63) is 12.7 Å². The Bertz CT molecular complexity index is 663. The number of imidazole rings is 1. The second-order valence-electron chi connectivity index (χ2n) is 4.84. The van der Waals surface area contributed by atoms with Crippen molar-refractivity contribution < 1.29 is 14.7 Å². The van der Waals surface area contributed by atoms with Crippen LogP contribution in [0.15, 0.2) is 12.7 Å². The van der Waals surface area contributed by atoms with Crippen molar-refractivity contribution in [2.75, 3.05) is 5.32 Å². The molecule has 3 N–H and O–H groups in total. The van der Waals surface area contributed by atoms with E-state index in [-0.39, 0.29) is 6.42 Å². The van der Waals surface area contributed by atoms with Crippen LogP contribution in [0.1, 0.15) is 33.1 Å². The number of hydrogen-bond donors (Lipinski definition) is 3. The van der Waals surface area contributed by atoms with Gasteiger partial charge in [0.15, 0.2) is 11.5 Å². The molecule has 0 aromatic carbocycles. The molecule has 21 heavy (non-hydrogen) atoms. The van der Waals surface area contributed by atoms with E-state index in [0.29, 0.717) is 29.8 Å². The molecular weight excluding hydrogens is 274 g/mol. The highest BCUT2D eigenvalue weighted by Crippen LogP contribution is 2.31. The van der Waals surface area contributed by atoms with Gasteiger partial charge in [-0.2, -0.15) is 0 Å². The molecule has 0 fully saturated rings. The van der Waals surface area contributed by atoms with E-state index in [2.05, 4.69) is 25.3 Å². The van der Waals surface area contributed by atoms with Gasteiger partial charge in [0.2, 0.25) is 5.91 Å². The summed E-state index contributed by atoms with van der Waals surface area (Å²) < 4.78 is 0. The number of aromatic amines is 1. The van der Waals surface area contributed by atoms with Gasteiger partial charge in [0.25, 0.3) is 0 Å². The first-order valence-corrected chi connectivity index (χ1v) is 6.69. The van der Waals surface area contributed by atoms with Crippen LogP contribution in [-0.2, 0) is 9.59 Å². The molecule has 2 rings (SSSR count). The summed E-state index contributed by atoms with van der Waals surface area (Å²) in [5, 5.41) is 12.0. The topological polar surface area (TPSA) is 121 Å². The van der Waals surface area contributed by atoms with Crippen molar-refractivity contribution in [3.63, 3.8) is 0 Å². The fourth-order valence-electron chi connectivity index (χ4n) is 2.22. The molecule has 2 heterocycles. The van der Waals surface area contributed by atoms with Crippen LogP contribution in [0.4, 0.5) is 5.82 Å².